The van der Waals surface area contributed by atoms with Crippen LogP contribution in [0.3, 0.4) is 0 Å². The highest BCUT2D eigenvalue weighted by atomic mass is 16.6. The van der Waals surface area contributed by atoms with E-state index in [2.05, 4.69) is 18.6 Å². The Labute approximate surface area is 103 Å². The van der Waals surface area contributed by atoms with Gasteiger partial charge >= 0.3 is 5.97 Å². The molecule has 1 N–H and O–H groups in total. The first-order valence-corrected chi connectivity index (χ1v) is 6.19. The second-order valence-electron chi connectivity index (χ2n) is 5.94. The molecule has 0 heterocycles. The Hall–Kier alpha value is -0.610. The quantitative estimate of drug-likeness (QED) is 0.767. The van der Waals surface area contributed by atoms with Gasteiger partial charge in [-0.15, -0.1) is 0 Å². The summed E-state index contributed by atoms with van der Waals surface area (Å²) < 4.78 is 10.1. The van der Waals surface area contributed by atoms with E-state index in [0.29, 0.717) is 5.41 Å². The Morgan fingerprint density at radius 2 is 1.94 bits per heavy atom. The first kappa shape index (κ1) is 14.5. The van der Waals surface area contributed by atoms with Gasteiger partial charge in [0, 0.05) is 0 Å². The van der Waals surface area contributed by atoms with Crippen molar-refractivity contribution in [1.29, 1.82) is 0 Å². The molecule has 1 saturated carbocycles. The maximum Gasteiger partial charge on any atom is 0.339 e. The molecule has 0 aromatic heterocycles. The molecule has 0 radical (unpaired) electrons. The van der Waals surface area contributed by atoms with E-state index in [0.717, 1.165) is 25.7 Å². The summed E-state index contributed by atoms with van der Waals surface area (Å²) in [6, 6.07) is 0. The van der Waals surface area contributed by atoms with E-state index in [9.17, 15) is 9.90 Å². The predicted molar refractivity (Wildman–Crippen MR) is 64.6 cm³/mol. The third kappa shape index (κ3) is 4.28. The average Bonchev–Trinajstić information content (AvgIpc) is 2.26. The number of rotatable bonds is 4. The van der Waals surface area contributed by atoms with Crippen LogP contribution in [0.4, 0.5) is 0 Å². The summed E-state index contributed by atoms with van der Waals surface area (Å²) in [5, 5.41) is 9.82. The molecule has 0 saturated heterocycles. The summed E-state index contributed by atoms with van der Waals surface area (Å²) in [4.78, 5) is 11.3. The minimum absolute atomic E-state index is 0.00473. The van der Waals surface area contributed by atoms with Crippen molar-refractivity contribution in [3.63, 3.8) is 0 Å². The monoisotopic (exact) mass is 244 g/mol. The second kappa shape index (κ2) is 5.36. The molecular formula is C13H24O4. The van der Waals surface area contributed by atoms with Crippen molar-refractivity contribution in [2.24, 2.45) is 5.41 Å². The van der Waals surface area contributed by atoms with Crippen LogP contribution in [0, 0.1) is 5.41 Å². The normalized spacial score (nSPS) is 24.1. The summed E-state index contributed by atoms with van der Waals surface area (Å²) in [5.41, 5.74) is -1.15. The van der Waals surface area contributed by atoms with E-state index < -0.39 is 11.6 Å². The van der Waals surface area contributed by atoms with Crippen LogP contribution in [-0.2, 0) is 14.3 Å². The van der Waals surface area contributed by atoms with E-state index in [1.165, 1.54) is 14.0 Å². The van der Waals surface area contributed by atoms with Crippen LogP contribution in [0.1, 0.15) is 46.5 Å². The van der Waals surface area contributed by atoms with Gasteiger partial charge in [-0.25, -0.2) is 4.79 Å². The average molecular weight is 244 g/mol. The lowest BCUT2D eigenvalue weighted by Crippen LogP contribution is -2.42. The Morgan fingerprint density at radius 3 is 2.41 bits per heavy atom. The van der Waals surface area contributed by atoms with Gasteiger partial charge in [0.05, 0.1) is 19.8 Å². The minimum atomic E-state index is -1.54. The van der Waals surface area contributed by atoms with E-state index in [4.69, 9.17) is 4.74 Å². The van der Waals surface area contributed by atoms with Gasteiger partial charge in [-0.05, 0) is 38.0 Å². The van der Waals surface area contributed by atoms with Crippen LogP contribution in [0.25, 0.3) is 0 Å². The number of carbonyl (C=O) groups is 1. The highest BCUT2D eigenvalue weighted by Crippen LogP contribution is 2.36. The van der Waals surface area contributed by atoms with Crippen molar-refractivity contribution < 1.29 is 19.4 Å². The van der Waals surface area contributed by atoms with Gasteiger partial charge in [-0.3, -0.25) is 0 Å². The Kier molecular flexibility index (Phi) is 4.55. The number of hydrogen-bond acceptors (Lipinski definition) is 4. The second-order valence-corrected chi connectivity index (χ2v) is 5.94. The number of ether oxygens (including phenoxy) is 2. The van der Waals surface area contributed by atoms with Gasteiger partial charge in [0.2, 0.25) is 0 Å². The first-order valence-electron chi connectivity index (χ1n) is 6.19. The van der Waals surface area contributed by atoms with Crippen molar-refractivity contribution in [3.8, 4) is 0 Å². The zero-order chi connectivity index (χ0) is 13.1. The fourth-order valence-electron chi connectivity index (χ4n) is 2.10. The molecule has 1 fully saturated rings. The van der Waals surface area contributed by atoms with Crippen molar-refractivity contribution >= 4 is 5.97 Å². The van der Waals surface area contributed by atoms with Crippen molar-refractivity contribution in [3.05, 3.63) is 0 Å². The fourth-order valence-corrected chi connectivity index (χ4v) is 2.10. The van der Waals surface area contributed by atoms with Crippen LogP contribution in [0.15, 0.2) is 0 Å². The van der Waals surface area contributed by atoms with E-state index in [-0.39, 0.29) is 12.7 Å². The molecule has 1 unspecified atom stereocenters. The molecule has 0 amide bonds. The largest absolute Gasteiger partial charge is 0.467 e. The number of aliphatic hydroxyl groups is 1. The summed E-state index contributed by atoms with van der Waals surface area (Å²) in [6.07, 6.45) is 4.38. The highest BCUT2D eigenvalue weighted by molar-refractivity contribution is 5.78. The molecule has 4 heteroatoms. The molecule has 100 valence electrons. The SMILES string of the molecule is COC(=O)C(C)(O)COC1CCC(C)(C)CC1. The van der Waals surface area contributed by atoms with Gasteiger partial charge in [0.15, 0.2) is 5.60 Å². The number of methoxy groups -OCH3 is 1. The molecule has 0 bridgehead atoms. The molecule has 4 nitrogen and oxygen atoms in total. The standard InChI is InChI=1S/C13H24O4/c1-12(2)7-5-10(6-8-12)17-9-13(3,15)11(14)16-4/h10,15H,5-9H2,1-4H3. The minimum Gasteiger partial charge on any atom is -0.467 e. The zero-order valence-electron chi connectivity index (χ0n) is 11.3. The molecule has 1 aliphatic rings. The Morgan fingerprint density at radius 1 is 1.41 bits per heavy atom. The van der Waals surface area contributed by atoms with Gasteiger partial charge in [-0.2, -0.15) is 0 Å². The molecule has 0 spiro atoms. The van der Waals surface area contributed by atoms with Crippen molar-refractivity contribution in [1.82, 2.24) is 0 Å². The fraction of sp³-hybridized carbons (Fsp3) is 0.923. The lowest BCUT2D eigenvalue weighted by molar-refractivity contribution is -0.169. The highest BCUT2D eigenvalue weighted by Gasteiger charge is 2.34. The van der Waals surface area contributed by atoms with Gasteiger partial charge in [-0.1, -0.05) is 13.8 Å². The van der Waals surface area contributed by atoms with Gasteiger partial charge in [0.1, 0.15) is 0 Å². The molecular weight excluding hydrogens is 220 g/mol. The van der Waals surface area contributed by atoms with Crippen molar-refractivity contribution in [2.45, 2.75) is 58.2 Å². The topological polar surface area (TPSA) is 55.8 Å². The molecule has 17 heavy (non-hydrogen) atoms. The van der Waals surface area contributed by atoms with Gasteiger partial charge < -0.3 is 14.6 Å². The van der Waals surface area contributed by atoms with Crippen LogP contribution in [-0.4, -0.2) is 36.5 Å². The molecule has 1 rings (SSSR count). The smallest absolute Gasteiger partial charge is 0.339 e. The third-order valence-electron chi connectivity index (χ3n) is 3.51. The molecule has 1 aliphatic carbocycles. The summed E-state index contributed by atoms with van der Waals surface area (Å²) >= 11 is 0. The van der Waals surface area contributed by atoms with E-state index >= 15 is 0 Å². The lowest BCUT2D eigenvalue weighted by atomic mass is 9.76. The first-order chi connectivity index (χ1) is 7.77. The van der Waals surface area contributed by atoms with Crippen LogP contribution >= 0.6 is 0 Å². The number of esters is 1. The zero-order valence-corrected chi connectivity index (χ0v) is 11.3. The summed E-state index contributed by atoms with van der Waals surface area (Å²) in [5.74, 6) is -0.645. The summed E-state index contributed by atoms with van der Waals surface area (Å²) in [7, 11) is 1.26. The predicted octanol–water partition coefficient (Wildman–Crippen LogP) is 1.90. The Bertz CT molecular complexity index is 261. The Balaban J connectivity index is 2.35. The van der Waals surface area contributed by atoms with Crippen LogP contribution < -0.4 is 0 Å². The third-order valence-corrected chi connectivity index (χ3v) is 3.51. The molecule has 0 aromatic rings. The van der Waals surface area contributed by atoms with Crippen molar-refractivity contribution in [2.75, 3.05) is 13.7 Å². The lowest BCUT2D eigenvalue weighted by Gasteiger charge is -2.35. The maximum absolute atomic E-state index is 11.3. The van der Waals surface area contributed by atoms with Crippen LogP contribution in [0.2, 0.25) is 0 Å². The van der Waals surface area contributed by atoms with Gasteiger partial charge in [0.25, 0.3) is 0 Å². The maximum atomic E-state index is 11.3. The molecule has 0 aliphatic heterocycles. The van der Waals surface area contributed by atoms with Crippen LogP contribution in [0.5, 0.6) is 0 Å². The van der Waals surface area contributed by atoms with E-state index in [1.807, 2.05) is 0 Å². The van der Waals surface area contributed by atoms with E-state index in [1.54, 1.807) is 0 Å². The number of carbonyl (C=O) groups excluding carboxylic acids is 1. The number of hydrogen-bond donors (Lipinski definition) is 1. The summed E-state index contributed by atoms with van der Waals surface area (Å²) in [6.45, 7) is 5.94. The molecule has 0 aromatic carbocycles. The molecule has 1 atom stereocenters.